The summed E-state index contributed by atoms with van der Waals surface area (Å²) in [7, 11) is 0. The van der Waals surface area contributed by atoms with E-state index in [4.69, 9.17) is 17.3 Å². The van der Waals surface area contributed by atoms with E-state index in [2.05, 4.69) is 20.5 Å². The van der Waals surface area contributed by atoms with Crippen LogP contribution < -0.4 is 16.4 Å². The van der Waals surface area contributed by atoms with E-state index < -0.39 is 0 Å². The van der Waals surface area contributed by atoms with Crippen molar-refractivity contribution in [3.8, 4) is 0 Å². The zero-order valence-electron chi connectivity index (χ0n) is 14.9. The molecule has 2 amide bonds. The molecular formula is C19H23ClFN5O. The van der Waals surface area contributed by atoms with Crippen LogP contribution in [0.15, 0.2) is 36.5 Å². The standard InChI is InChI=1S/C19H23ClFN5O/c20-17-9-15(21)6-5-14(17)11-26-8-2-4-16(12-26)25-19(27)24-10-13-3-1-7-23-18(13)22/h1,3,5-7,9,16H,2,4,8,10-12H2,(H2,22,23)(H2,24,25,27). The largest absolute Gasteiger partial charge is 0.383 e. The molecular weight excluding hydrogens is 369 g/mol. The number of likely N-dealkylation sites (tertiary alicyclic amines) is 1. The van der Waals surface area contributed by atoms with Crippen LogP contribution in [0.2, 0.25) is 5.02 Å². The minimum Gasteiger partial charge on any atom is -0.383 e. The van der Waals surface area contributed by atoms with E-state index in [0.717, 1.165) is 37.1 Å². The molecule has 4 N–H and O–H groups in total. The molecule has 27 heavy (non-hydrogen) atoms. The Labute approximate surface area is 162 Å². The maximum atomic E-state index is 13.2. The van der Waals surface area contributed by atoms with Crippen LogP contribution in [0.4, 0.5) is 15.0 Å². The molecule has 3 rings (SSSR count). The molecule has 1 aliphatic heterocycles. The van der Waals surface area contributed by atoms with Crippen molar-refractivity contribution in [1.82, 2.24) is 20.5 Å². The van der Waals surface area contributed by atoms with Crippen LogP contribution >= 0.6 is 11.6 Å². The second-order valence-corrected chi connectivity index (χ2v) is 7.09. The van der Waals surface area contributed by atoms with Crippen molar-refractivity contribution in [2.75, 3.05) is 18.8 Å². The molecule has 1 fully saturated rings. The predicted molar refractivity (Wildman–Crippen MR) is 104 cm³/mol. The molecule has 1 atom stereocenters. The summed E-state index contributed by atoms with van der Waals surface area (Å²) in [5.41, 5.74) is 7.45. The number of nitrogen functional groups attached to an aromatic ring is 1. The topological polar surface area (TPSA) is 83.3 Å². The summed E-state index contributed by atoms with van der Waals surface area (Å²) in [6, 6.07) is 7.88. The Balaban J connectivity index is 1.49. The van der Waals surface area contributed by atoms with Gasteiger partial charge in [0.2, 0.25) is 0 Å². The number of piperidine rings is 1. The van der Waals surface area contributed by atoms with E-state index in [-0.39, 0.29) is 17.9 Å². The Bertz CT molecular complexity index is 803. The molecule has 1 aromatic heterocycles. The fourth-order valence-corrected chi connectivity index (χ4v) is 3.45. The van der Waals surface area contributed by atoms with E-state index in [1.165, 1.54) is 12.1 Å². The molecule has 2 heterocycles. The number of hydrogen-bond acceptors (Lipinski definition) is 4. The number of nitrogens with two attached hydrogens (primary N) is 1. The van der Waals surface area contributed by atoms with Gasteiger partial charge >= 0.3 is 6.03 Å². The van der Waals surface area contributed by atoms with Gasteiger partial charge in [-0.15, -0.1) is 0 Å². The molecule has 1 aliphatic rings. The number of carbonyl (C=O) groups is 1. The molecule has 2 aromatic rings. The number of anilines is 1. The van der Waals surface area contributed by atoms with Gasteiger partial charge < -0.3 is 16.4 Å². The summed E-state index contributed by atoms with van der Waals surface area (Å²) < 4.78 is 13.2. The molecule has 144 valence electrons. The highest BCUT2D eigenvalue weighted by Gasteiger charge is 2.22. The predicted octanol–water partition coefficient (Wildman–Crippen LogP) is 2.92. The fourth-order valence-electron chi connectivity index (χ4n) is 3.22. The van der Waals surface area contributed by atoms with Crippen LogP contribution in [0, 0.1) is 5.82 Å². The first kappa shape index (κ1) is 19.4. The van der Waals surface area contributed by atoms with Crippen LogP contribution in [0.1, 0.15) is 24.0 Å². The van der Waals surface area contributed by atoms with Gasteiger partial charge in [0, 0.05) is 42.5 Å². The van der Waals surface area contributed by atoms with Gasteiger partial charge in [0.25, 0.3) is 0 Å². The van der Waals surface area contributed by atoms with Crippen molar-refractivity contribution < 1.29 is 9.18 Å². The first-order valence-corrected chi connectivity index (χ1v) is 9.29. The lowest BCUT2D eigenvalue weighted by molar-refractivity contribution is 0.180. The zero-order valence-corrected chi connectivity index (χ0v) is 15.7. The number of hydrogen-bond donors (Lipinski definition) is 3. The third kappa shape index (κ3) is 5.55. The number of urea groups is 1. The summed E-state index contributed by atoms with van der Waals surface area (Å²) >= 11 is 6.12. The fraction of sp³-hybridized carbons (Fsp3) is 0.368. The SMILES string of the molecule is Nc1ncccc1CNC(=O)NC1CCCN(Cc2ccc(F)cc2Cl)C1. The first-order chi connectivity index (χ1) is 13.0. The van der Waals surface area contributed by atoms with E-state index in [1.54, 1.807) is 18.3 Å². The van der Waals surface area contributed by atoms with Crippen LogP contribution in [0.3, 0.4) is 0 Å². The third-order valence-corrected chi connectivity index (χ3v) is 4.97. The van der Waals surface area contributed by atoms with Gasteiger partial charge in [-0.1, -0.05) is 23.7 Å². The second-order valence-electron chi connectivity index (χ2n) is 6.68. The van der Waals surface area contributed by atoms with Crippen molar-refractivity contribution in [2.24, 2.45) is 0 Å². The maximum Gasteiger partial charge on any atom is 0.315 e. The van der Waals surface area contributed by atoms with Gasteiger partial charge in [-0.05, 0) is 43.1 Å². The maximum absolute atomic E-state index is 13.2. The summed E-state index contributed by atoms with van der Waals surface area (Å²) in [4.78, 5) is 18.4. The zero-order chi connectivity index (χ0) is 19.2. The average Bonchev–Trinajstić information content (AvgIpc) is 2.64. The van der Waals surface area contributed by atoms with E-state index >= 15 is 0 Å². The van der Waals surface area contributed by atoms with E-state index in [0.29, 0.717) is 23.9 Å². The molecule has 0 aliphatic carbocycles. The number of amides is 2. The highest BCUT2D eigenvalue weighted by molar-refractivity contribution is 6.31. The summed E-state index contributed by atoms with van der Waals surface area (Å²) in [5.74, 6) is 0.0747. The number of nitrogens with zero attached hydrogens (tertiary/aromatic N) is 2. The molecule has 1 saturated heterocycles. The van der Waals surface area contributed by atoms with Crippen molar-refractivity contribution in [3.05, 3.63) is 58.5 Å². The number of aromatic nitrogens is 1. The lowest BCUT2D eigenvalue weighted by Crippen LogP contribution is -2.50. The molecule has 0 radical (unpaired) electrons. The summed E-state index contributed by atoms with van der Waals surface area (Å²) in [6.07, 6.45) is 3.50. The Morgan fingerprint density at radius 3 is 3.00 bits per heavy atom. The first-order valence-electron chi connectivity index (χ1n) is 8.91. The number of rotatable bonds is 5. The van der Waals surface area contributed by atoms with E-state index in [9.17, 15) is 9.18 Å². The monoisotopic (exact) mass is 391 g/mol. The average molecular weight is 392 g/mol. The summed E-state index contributed by atoms with van der Waals surface area (Å²) in [6.45, 7) is 2.59. The van der Waals surface area contributed by atoms with Gasteiger partial charge in [-0.3, -0.25) is 4.90 Å². The Morgan fingerprint density at radius 2 is 2.22 bits per heavy atom. The number of carbonyl (C=O) groups excluding carboxylic acids is 1. The normalized spacial score (nSPS) is 17.5. The van der Waals surface area contributed by atoms with Gasteiger partial charge in [-0.25, -0.2) is 14.2 Å². The van der Waals surface area contributed by atoms with Gasteiger partial charge in [0.05, 0.1) is 0 Å². The molecule has 1 unspecified atom stereocenters. The molecule has 6 nitrogen and oxygen atoms in total. The lowest BCUT2D eigenvalue weighted by atomic mass is 10.0. The van der Waals surface area contributed by atoms with Crippen molar-refractivity contribution in [1.29, 1.82) is 0 Å². The smallest absolute Gasteiger partial charge is 0.315 e. The highest BCUT2D eigenvalue weighted by atomic mass is 35.5. The molecule has 0 bridgehead atoms. The Morgan fingerprint density at radius 1 is 1.37 bits per heavy atom. The van der Waals surface area contributed by atoms with Gasteiger partial charge in [0.15, 0.2) is 0 Å². The van der Waals surface area contributed by atoms with Crippen LogP contribution in [0.5, 0.6) is 0 Å². The van der Waals surface area contributed by atoms with Crippen LogP contribution in [-0.2, 0) is 13.1 Å². The number of benzene rings is 1. The number of pyridine rings is 1. The number of halogens is 2. The lowest BCUT2D eigenvalue weighted by Gasteiger charge is -2.33. The van der Waals surface area contributed by atoms with Gasteiger partial charge in [-0.2, -0.15) is 0 Å². The Kier molecular flexibility index (Phi) is 6.47. The van der Waals surface area contributed by atoms with Crippen molar-refractivity contribution in [3.63, 3.8) is 0 Å². The highest BCUT2D eigenvalue weighted by Crippen LogP contribution is 2.21. The van der Waals surface area contributed by atoms with Gasteiger partial charge in [0.1, 0.15) is 11.6 Å². The Hall–Kier alpha value is -2.38. The number of nitrogens with one attached hydrogen (secondary N) is 2. The van der Waals surface area contributed by atoms with Crippen molar-refractivity contribution >= 4 is 23.4 Å². The molecule has 8 heteroatoms. The second kappa shape index (κ2) is 9.01. The quantitative estimate of drug-likeness (QED) is 0.731. The third-order valence-electron chi connectivity index (χ3n) is 4.62. The van der Waals surface area contributed by atoms with Crippen LogP contribution in [0.25, 0.3) is 0 Å². The molecule has 1 aromatic carbocycles. The molecule has 0 spiro atoms. The summed E-state index contributed by atoms with van der Waals surface area (Å²) in [5, 5.41) is 6.25. The van der Waals surface area contributed by atoms with Crippen LogP contribution in [-0.4, -0.2) is 35.0 Å². The van der Waals surface area contributed by atoms with Crippen molar-refractivity contribution in [2.45, 2.75) is 32.0 Å². The minimum atomic E-state index is -0.340. The minimum absolute atomic E-state index is 0.0456. The van der Waals surface area contributed by atoms with E-state index in [1.807, 2.05) is 6.07 Å². The molecule has 0 saturated carbocycles.